The molecule has 134 valence electrons. The summed E-state index contributed by atoms with van der Waals surface area (Å²) in [5.74, 6) is -1.64. The van der Waals surface area contributed by atoms with Crippen molar-refractivity contribution >= 4 is 23.7 Å². The van der Waals surface area contributed by atoms with E-state index in [1.54, 1.807) is 20.1 Å². The maximum absolute atomic E-state index is 12.1. The van der Waals surface area contributed by atoms with Crippen molar-refractivity contribution in [1.82, 2.24) is 0 Å². The molecule has 1 atom stereocenters. The van der Waals surface area contributed by atoms with Crippen molar-refractivity contribution in [2.24, 2.45) is 5.92 Å². The van der Waals surface area contributed by atoms with Gasteiger partial charge in [0.25, 0.3) is 0 Å². The number of nitrogens with zero attached hydrogens (tertiary/aromatic N) is 2. The van der Waals surface area contributed by atoms with Crippen molar-refractivity contribution in [3.05, 3.63) is 21.6 Å². The van der Waals surface area contributed by atoms with Crippen molar-refractivity contribution in [2.45, 2.75) is 39.5 Å². The van der Waals surface area contributed by atoms with Gasteiger partial charge < -0.3 is 9.47 Å². The number of hydrogen-bond acceptors (Lipinski definition) is 7. The number of rotatable bonds is 6. The molecule has 0 aromatic carbocycles. The van der Waals surface area contributed by atoms with Crippen LogP contribution in [0, 0.1) is 28.6 Å². The molecule has 0 spiro atoms. The van der Waals surface area contributed by atoms with Gasteiger partial charge in [0, 0.05) is 10.8 Å². The van der Waals surface area contributed by atoms with E-state index in [-0.39, 0.29) is 30.3 Å². The number of esters is 2. The lowest BCUT2D eigenvalue weighted by molar-refractivity contribution is -0.138. The lowest BCUT2D eigenvalue weighted by Crippen LogP contribution is -2.20. The monoisotopic (exact) mass is 362 g/mol. The highest BCUT2D eigenvalue weighted by atomic mass is 32.2. The molecule has 0 bridgehead atoms. The first-order chi connectivity index (χ1) is 12.0. The Hall–Kier alpha value is -2.25. The molecule has 1 aliphatic rings. The minimum atomic E-state index is -0.672. The summed E-state index contributed by atoms with van der Waals surface area (Å²) in [4.78, 5) is 24.8. The molecule has 0 radical (unpaired) electrons. The lowest BCUT2D eigenvalue weighted by Gasteiger charge is -2.28. The highest BCUT2D eigenvalue weighted by Crippen LogP contribution is 2.41. The Morgan fingerprint density at radius 1 is 1.12 bits per heavy atom. The summed E-state index contributed by atoms with van der Waals surface area (Å²) in [7, 11) is 0. The Balaban J connectivity index is 3.46. The predicted molar refractivity (Wildman–Crippen MR) is 94.0 cm³/mol. The van der Waals surface area contributed by atoms with Gasteiger partial charge in [0.15, 0.2) is 0 Å². The predicted octanol–water partition coefficient (Wildman–Crippen LogP) is 3.26. The van der Waals surface area contributed by atoms with Crippen LogP contribution in [-0.2, 0) is 19.1 Å². The van der Waals surface area contributed by atoms with Gasteiger partial charge in [-0.1, -0.05) is 6.42 Å². The lowest BCUT2D eigenvalue weighted by atomic mass is 9.80. The van der Waals surface area contributed by atoms with Gasteiger partial charge in [-0.15, -0.1) is 11.8 Å². The topological polar surface area (TPSA) is 100 Å². The summed E-state index contributed by atoms with van der Waals surface area (Å²) in [5.41, 5.74) is 0.577. The van der Waals surface area contributed by atoms with Gasteiger partial charge >= 0.3 is 11.9 Å². The highest BCUT2D eigenvalue weighted by Gasteiger charge is 2.32. The standard InChI is InChI=1S/C18H22N2O4S/c1-4-23-17(21)14(10-19)12-8-6-7-9-13(12)16(25-3)15(11-20)18(22)24-5-2/h13H,4-9H2,1-3H3/b14-12+,16-15+/t13-/m0/s1. The molecule has 1 saturated carbocycles. The van der Waals surface area contributed by atoms with E-state index in [9.17, 15) is 20.1 Å². The fourth-order valence-corrected chi connectivity index (χ4v) is 3.75. The average Bonchev–Trinajstić information content (AvgIpc) is 2.61. The van der Waals surface area contributed by atoms with Gasteiger partial charge in [-0.05, 0) is 44.9 Å². The molecule has 0 saturated heterocycles. The summed E-state index contributed by atoms with van der Waals surface area (Å²) in [6.45, 7) is 3.70. The first-order valence-corrected chi connectivity index (χ1v) is 9.43. The number of carbonyl (C=O) groups excluding carboxylic acids is 2. The van der Waals surface area contributed by atoms with E-state index < -0.39 is 11.9 Å². The minimum absolute atomic E-state index is 0.0146. The van der Waals surface area contributed by atoms with Crippen LogP contribution < -0.4 is 0 Å². The van der Waals surface area contributed by atoms with Gasteiger partial charge in [-0.3, -0.25) is 0 Å². The maximum atomic E-state index is 12.1. The molecule has 1 rings (SSSR count). The van der Waals surface area contributed by atoms with Gasteiger partial charge in [0.05, 0.1) is 13.2 Å². The molecule has 0 N–H and O–H groups in total. The molecule has 0 amide bonds. The minimum Gasteiger partial charge on any atom is -0.462 e. The van der Waals surface area contributed by atoms with Crippen molar-refractivity contribution in [3.8, 4) is 12.1 Å². The number of thioether (sulfide) groups is 1. The number of carbonyl (C=O) groups is 2. The van der Waals surface area contributed by atoms with E-state index in [2.05, 4.69) is 0 Å². The van der Waals surface area contributed by atoms with Crippen LogP contribution in [0.15, 0.2) is 21.6 Å². The van der Waals surface area contributed by atoms with Crippen LogP contribution in [0.3, 0.4) is 0 Å². The van der Waals surface area contributed by atoms with E-state index in [1.165, 1.54) is 11.8 Å². The average molecular weight is 362 g/mol. The molecule has 1 fully saturated rings. The number of ether oxygens (including phenoxy) is 2. The quantitative estimate of drug-likeness (QED) is 0.406. The molecule has 6 nitrogen and oxygen atoms in total. The number of nitriles is 2. The van der Waals surface area contributed by atoms with Crippen molar-refractivity contribution in [1.29, 1.82) is 10.5 Å². The summed E-state index contributed by atoms with van der Waals surface area (Å²) in [6, 6.07) is 3.88. The second-order valence-electron chi connectivity index (χ2n) is 5.31. The normalized spacial score (nSPS) is 19.8. The molecule has 25 heavy (non-hydrogen) atoms. The molecular weight excluding hydrogens is 340 g/mol. The number of hydrogen-bond donors (Lipinski definition) is 0. The smallest absolute Gasteiger partial charge is 0.349 e. The Morgan fingerprint density at radius 3 is 2.28 bits per heavy atom. The number of allylic oxidation sites excluding steroid dienone is 2. The zero-order chi connectivity index (χ0) is 18.8. The van der Waals surface area contributed by atoms with Crippen LogP contribution >= 0.6 is 11.8 Å². The third-order valence-corrected chi connectivity index (χ3v) is 4.82. The second-order valence-corrected chi connectivity index (χ2v) is 6.15. The van der Waals surface area contributed by atoms with Gasteiger partial charge in [-0.25, -0.2) is 9.59 Å². The second kappa shape index (κ2) is 10.6. The molecule has 0 unspecified atom stereocenters. The highest BCUT2D eigenvalue weighted by molar-refractivity contribution is 8.02. The maximum Gasteiger partial charge on any atom is 0.349 e. The first kappa shape index (κ1) is 20.8. The summed E-state index contributed by atoms with van der Waals surface area (Å²) < 4.78 is 9.96. The van der Waals surface area contributed by atoms with Crippen molar-refractivity contribution in [3.63, 3.8) is 0 Å². The molecule has 1 aliphatic carbocycles. The van der Waals surface area contributed by atoms with Gasteiger partial charge in [0.1, 0.15) is 23.3 Å². The van der Waals surface area contributed by atoms with Crippen molar-refractivity contribution in [2.75, 3.05) is 19.5 Å². The van der Waals surface area contributed by atoms with Crippen LogP contribution in [0.25, 0.3) is 0 Å². The summed E-state index contributed by atoms with van der Waals surface area (Å²) in [6.07, 6.45) is 4.74. The molecule has 7 heteroatoms. The largest absolute Gasteiger partial charge is 0.462 e. The summed E-state index contributed by atoms with van der Waals surface area (Å²) in [5, 5.41) is 18.9. The Kier molecular flexibility index (Phi) is 8.80. The van der Waals surface area contributed by atoms with Gasteiger partial charge in [0.2, 0.25) is 0 Å². The van der Waals surface area contributed by atoms with Crippen LogP contribution in [0.5, 0.6) is 0 Å². The van der Waals surface area contributed by atoms with E-state index in [0.29, 0.717) is 23.3 Å². The SMILES string of the molecule is CCOC(=O)/C(C#N)=C1\CCCC[C@@H]1/C(SC)=C(/C#N)C(=O)OCC. The zero-order valence-corrected chi connectivity index (χ0v) is 15.6. The third kappa shape index (κ3) is 5.11. The van der Waals surface area contributed by atoms with Gasteiger partial charge in [-0.2, -0.15) is 10.5 Å². The molecule has 0 heterocycles. The fraction of sp³-hybridized carbons (Fsp3) is 0.556. The summed E-state index contributed by atoms with van der Waals surface area (Å²) >= 11 is 1.28. The molecule has 0 aromatic heterocycles. The Bertz CT molecular complexity index is 622. The van der Waals surface area contributed by atoms with E-state index in [0.717, 1.165) is 12.8 Å². The van der Waals surface area contributed by atoms with E-state index in [4.69, 9.17) is 9.47 Å². The van der Waals surface area contributed by atoms with Crippen LogP contribution in [0.2, 0.25) is 0 Å². The fourth-order valence-electron chi connectivity index (χ4n) is 2.88. The van der Waals surface area contributed by atoms with E-state index >= 15 is 0 Å². The van der Waals surface area contributed by atoms with Crippen LogP contribution in [0.4, 0.5) is 0 Å². The zero-order valence-electron chi connectivity index (χ0n) is 14.8. The Labute approximate surface area is 152 Å². The Morgan fingerprint density at radius 2 is 1.76 bits per heavy atom. The molecule has 0 aliphatic heterocycles. The van der Waals surface area contributed by atoms with Crippen molar-refractivity contribution < 1.29 is 19.1 Å². The molecular formula is C18H22N2O4S. The van der Waals surface area contributed by atoms with E-state index in [1.807, 2.05) is 12.1 Å². The van der Waals surface area contributed by atoms with Crippen LogP contribution in [0.1, 0.15) is 39.5 Å². The first-order valence-electron chi connectivity index (χ1n) is 8.21. The van der Waals surface area contributed by atoms with Crippen LogP contribution in [-0.4, -0.2) is 31.4 Å². The molecule has 0 aromatic rings. The third-order valence-electron chi connectivity index (χ3n) is 3.90.